The molecule has 2 heterocycles. The molecule has 118 valence electrons. The monoisotopic (exact) mass is 326 g/mol. The number of aromatic nitrogens is 2. The molecule has 0 unspecified atom stereocenters. The maximum absolute atomic E-state index is 13.0. The topological polar surface area (TPSA) is 52.0 Å². The second-order valence-corrected chi connectivity index (χ2v) is 6.34. The molecule has 0 spiro atoms. The SMILES string of the molecule is CCc1nc2scc(-c3ccccc3)c2c(=O)n1CCC(C)=O. The molecular weight excluding hydrogens is 308 g/mol. The van der Waals surface area contributed by atoms with Crippen LogP contribution in [-0.2, 0) is 17.8 Å². The predicted molar refractivity (Wildman–Crippen MR) is 94.0 cm³/mol. The zero-order valence-electron chi connectivity index (χ0n) is 13.2. The van der Waals surface area contributed by atoms with E-state index in [1.165, 1.54) is 11.3 Å². The first kappa shape index (κ1) is 15.6. The van der Waals surface area contributed by atoms with E-state index in [4.69, 9.17) is 0 Å². The highest BCUT2D eigenvalue weighted by Gasteiger charge is 2.16. The van der Waals surface area contributed by atoms with E-state index in [1.54, 1.807) is 11.5 Å². The third-order valence-electron chi connectivity index (χ3n) is 3.86. The fraction of sp³-hybridized carbons (Fsp3) is 0.278. The van der Waals surface area contributed by atoms with E-state index in [0.29, 0.717) is 24.8 Å². The van der Waals surface area contributed by atoms with E-state index in [-0.39, 0.29) is 11.3 Å². The van der Waals surface area contributed by atoms with Crippen molar-refractivity contribution in [2.75, 3.05) is 0 Å². The molecule has 0 N–H and O–H groups in total. The van der Waals surface area contributed by atoms with Crippen LogP contribution in [0.25, 0.3) is 21.3 Å². The Morgan fingerprint density at radius 2 is 2.00 bits per heavy atom. The summed E-state index contributed by atoms with van der Waals surface area (Å²) in [6.07, 6.45) is 1.02. The van der Waals surface area contributed by atoms with Crippen molar-refractivity contribution in [3.63, 3.8) is 0 Å². The minimum absolute atomic E-state index is 0.0480. The van der Waals surface area contributed by atoms with Crippen molar-refractivity contribution in [3.05, 3.63) is 51.9 Å². The number of carbonyl (C=O) groups is 1. The van der Waals surface area contributed by atoms with Crippen LogP contribution in [0.15, 0.2) is 40.5 Å². The van der Waals surface area contributed by atoms with Gasteiger partial charge in [-0.05, 0) is 12.5 Å². The summed E-state index contributed by atoms with van der Waals surface area (Å²) in [4.78, 5) is 29.7. The Morgan fingerprint density at radius 1 is 1.26 bits per heavy atom. The van der Waals surface area contributed by atoms with Gasteiger partial charge in [0, 0.05) is 30.3 Å². The summed E-state index contributed by atoms with van der Waals surface area (Å²) in [6, 6.07) is 9.86. The molecule has 3 rings (SSSR count). The Labute approximate surface area is 138 Å². The Bertz CT molecular complexity index is 910. The van der Waals surface area contributed by atoms with Gasteiger partial charge in [-0.2, -0.15) is 0 Å². The van der Waals surface area contributed by atoms with E-state index >= 15 is 0 Å². The van der Waals surface area contributed by atoms with Crippen molar-refractivity contribution in [2.24, 2.45) is 0 Å². The minimum atomic E-state index is -0.0480. The molecule has 0 aliphatic heterocycles. The fourth-order valence-electron chi connectivity index (χ4n) is 2.67. The lowest BCUT2D eigenvalue weighted by Gasteiger charge is -2.10. The van der Waals surface area contributed by atoms with Gasteiger partial charge in [0.1, 0.15) is 16.4 Å². The molecule has 0 aliphatic rings. The first-order chi connectivity index (χ1) is 11.1. The first-order valence-corrected chi connectivity index (χ1v) is 8.55. The van der Waals surface area contributed by atoms with Crippen LogP contribution in [0.1, 0.15) is 26.1 Å². The van der Waals surface area contributed by atoms with Crippen molar-refractivity contribution in [3.8, 4) is 11.1 Å². The Balaban J connectivity index is 2.22. The molecule has 4 nitrogen and oxygen atoms in total. The second-order valence-electron chi connectivity index (χ2n) is 5.49. The number of carbonyl (C=O) groups excluding carboxylic acids is 1. The van der Waals surface area contributed by atoms with Gasteiger partial charge in [0.2, 0.25) is 0 Å². The number of Topliss-reactive ketones (excluding diaryl/α,β-unsaturated/α-hetero) is 1. The van der Waals surface area contributed by atoms with Crippen molar-refractivity contribution in [2.45, 2.75) is 33.2 Å². The standard InChI is InChI=1S/C18H18N2O2S/c1-3-15-19-17-16(18(22)20(15)10-9-12(2)21)14(11-23-17)13-7-5-4-6-8-13/h4-8,11H,3,9-10H2,1-2H3. The number of hydrogen-bond donors (Lipinski definition) is 0. The van der Waals surface area contributed by atoms with Gasteiger partial charge < -0.3 is 0 Å². The smallest absolute Gasteiger partial charge is 0.262 e. The largest absolute Gasteiger partial charge is 0.300 e. The van der Waals surface area contributed by atoms with E-state index < -0.39 is 0 Å². The van der Waals surface area contributed by atoms with Crippen LogP contribution in [0.4, 0.5) is 0 Å². The number of aryl methyl sites for hydroxylation is 1. The van der Waals surface area contributed by atoms with Gasteiger partial charge in [-0.1, -0.05) is 37.3 Å². The summed E-state index contributed by atoms with van der Waals surface area (Å²) >= 11 is 1.49. The number of benzene rings is 1. The molecule has 0 amide bonds. The average molecular weight is 326 g/mol. The molecular formula is C18H18N2O2S. The van der Waals surface area contributed by atoms with Crippen LogP contribution in [0.3, 0.4) is 0 Å². The van der Waals surface area contributed by atoms with Crippen LogP contribution in [0.5, 0.6) is 0 Å². The fourth-order valence-corrected chi connectivity index (χ4v) is 3.62. The molecule has 0 saturated heterocycles. The molecule has 1 aromatic carbocycles. The molecule has 5 heteroatoms. The number of rotatable bonds is 5. The zero-order valence-corrected chi connectivity index (χ0v) is 14.0. The Kier molecular flexibility index (Phi) is 4.39. The lowest BCUT2D eigenvalue weighted by Crippen LogP contribution is -2.25. The molecule has 0 saturated carbocycles. The zero-order chi connectivity index (χ0) is 16.4. The molecule has 0 radical (unpaired) electrons. The molecule has 3 aromatic rings. The van der Waals surface area contributed by atoms with Gasteiger partial charge in [0.15, 0.2) is 0 Å². The summed E-state index contributed by atoms with van der Waals surface area (Å²) in [5.74, 6) is 0.817. The van der Waals surface area contributed by atoms with Gasteiger partial charge in [-0.25, -0.2) is 4.98 Å². The predicted octanol–water partition coefficient (Wildman–Crippen LogP) is 3.67. The summed E-state index contributed by atoms with van der Waals surface area (Å²) in [6.45, 7) is 3.91. The molecule has 0 atom stereocenters. The highest BCUT2D eigenvalue weighted by atomic mass is 32.1. The van der Waals surface area contributed by atoms with Crippen LogP contribution in [-0.4, -0.2) is 15.3 Å². The highest BCUT2D eigenvalue weighted by molar-refractivity contribution is 7.17. The maximum atomic E-state index is 13.0. The Hall–Kier alpha value is -2.27. The second kappa shape index (κ2) is 6.46. The third-order valence-corrected chi connectivity index (χ3v) is 4.73. The lowest BCUT2D eigenvalue weighted by molar-refractivity contribution is -0.117. The van der Waals surface area contributed by atoms with E-state index in [2.05, 4.69) is 4.98 Å². The van der Waals surface area contributed by atoms with Gasteiger partial charge >= 0.3 is 0 Å². The first-order valence-electron chi connectivity index (χ1n) is 7.67. The molecule has 23 heavy (non-hydrogen) atoms. The normalized spacial score (nSPS) is 11.0. The quantitative estimate of drug-likeness (QED) is 0.719. The van der Waals surface area contributed by atoms with E-state index in [1.807, 2.05) is 42.6 Å². The van der Waals surface area contributed by atoms with Gasteiger partial charge in [-0.15, -0.1) is 11.3 Å². The van der Waals surface area contributed by atoms with Crippen molar-refractivity contribution in [1.82, 2.24) is 9.55 Å². The van der Waals surface area contributed by atoms with Crippen molar-refractivity contribution < 1.29 is 4.79 Å². The van der Waals surface area contributed by atoms with E-state index in [0.717, 1.165) is 21.8 Å². The number of fused-ring (bicyclic) bond motifs is 1. The van der Waals surface area contributed by atoms with Crippen LogP contribution in [0.2, 0.25) is 0 Å². The van der Waals surface area contributed by atoms with Gasteiger partial charge in [0.05, 0.1) is 5.39 Å². The van der Waals surface area contributed by atoms with Gasteiger partial charge in [-0.3, -0.25) is 14.2 Å². The van der Waals surface area contributed by atoms with Crippen LogP contribution < -0.4 is 5.56 Å². The summed E-state index contributed by atoms with van der Waals surface area (Å²) < 4.78 is 1.66. The number of thiophene rings is 1. The summed E-state index contributed by atoms with van der Waals surface area (Å²) in [5, 5.41) is 2.64. The van der Waals surface area contributed by atoms with Gasteiger partial charge in [0.25, 0.3) is 5.56 Å². The van der Waals surface area contributed by atoms with Crippen molar-refractivity contribution >= 4 is 27.3 Å². The minimum Gasteiger partial charge on any atom is -0.300 e. The Morgan fingerprint density at radius 3 is 2.65 bits per heavy atom. The summed E-state index contributed by atoms with van der Waals surface area (Å²) in [7, 11) is 0. The maximum Gasteiger partial charge on any atom is 0.262 e. The van der Waals surface area contributed by atoms with Crippen LogP contribution >= 0.6 is 11.3 Å². The number of nitrogens with zero attached hydrogens (tertiary/aromatic N) is 2. The number of ketones is 1. The average Bonchev–Trinajstić information content (AvgIpc) is 2.98. The molecule has 0 fully saturated rings. The van der Waals surface area contributed by atoms with Crippen molar-refractivity contribution in [1.29, 1.82) is 0 Å². The van der Waals surface area contributed by atoms with E-state index in [9.17, 15) is 9.59 Å². The lowest BCUT2D eigenvalue weighted by atomic mass is 10.1. The number of hydrogen-bond acceptors (Lipinski definition) is 4. The molecule has 0 aliphatic carbocycles. The van der Waals surface area contributed by atoms with Crippen LogP contribution in [0, 0.1) is 0 Å². The summed E-state index contributed by atoms with van der Waals surface area (Å²) in [5.41, 5.74) is 1.88. The highest BCUT2D eigenvalue weighted by Crippen LogP contribution is 2.30. The molecule has 2 aromatic heterocycles. The third kappa shape index (κ3) is 2.97. The molecule has 0 bridgehead atoms.